The van der Waals surface area contributed by atoms with Gasteiger partial charge in [0.25, 0.3) is 0 Å². The van der Waals surface area contributed by atoms with Crippen LogP contribution in [0.15, 0.2) is 36.4 Å². The third kappa shape index (κ3) is 2.51. The van der Waals surface area contributed by atoms with Crippen LogP contribution in [0.1, 0.15) is 5.56 Å². The topological polar surface area (TPSA) is 27.8 Å². The molecule has 5 heteroatoms. The van der Waals surface area contributed by atoms with Crippen LogP contribution in [0.4, 0.5) is 13.2 Å². The molecule has 2 nitrogen and oxygen atoms in total. The minimum absolute atomic E-state index is 0.299. The van der Waals surface area contributed by atoms with Crippen LogP contribution in [0.5, 0.6) is 0 Å². The Morgan fingerprint density at radius 2 is 1.70 bits per heavy atom. The second-order valence-corrected chi connectivity index (χ2v) is 6.02. The second kappa shape index (κ2) is 5.42. The normalized spacial score (nSPS) is 15.1. The number of fused-ring (bicyclic) bond motifs is 1. The zero-order valence-corrected chi connectivity index (χ0v) is 12.3. The van der Waals surface area contributed by atoms with Gasteiger partial charge in [0, 0.05) is 17.1 Å². The van der Waals surface area contributed by atoms with Gasteiger partial charge in [-0.3, -0.25) is 0 Å². The van der Waals surface area contributed by atoms with Crippen LogP contribution in [0, 0.1) is 23.4 Å². The van der Waals surface area contributed by atoms with Crippen molar-refractivity contribution in [2.24, 2.45) is 5.92 Å². The first kappa shape index (κ1) is 14.3. The van der Waals surface area contributed by atoms with Crippen LogP contribution in [0.2, 0.25) is 0 Å². The summed E-state index contributed by atoms with van der Waals surface area (Å²) in [6.45, 7) is 1.79. The molecule has 2 aromatic carbocycles. The van der Waals surface area contributed by atoms with Crippen LogP contribution >= 0.6 is 0 Å². The highest BCUT2D eigenvalue weighted by Crippen LogP contribution is 2.34. The molecule has 0 amide bonds. The number of nitrogens with one attached hydrogen (secondary N) is 2. The molecule has 1 aliphatic heterocycles. The summed E-state index contributed by atoms with van der Waals surface area (Å²) in [4.78, 5) is 3.06. The lowest BCUT2D eigenvalue weighted by Gasteiger charge is -2.27. The van der Waals surface area contributed by atoms with Crippen molar-refractivity contribution in [2.75, 3.05) is 13.1 Å². The van der Waals surface area contributed by atoms with E-state index in [0.29, 0.717) is 16.8 Å². The van der Waals surface area contributed by atoms with Crippen molar-refractivity contribution in [3.63, 3.8) is 0 Å². The number of aromatic amines is 1. The summed E-state index contributed by atoms with van der Waals surface area (Å²) in [5.41, 5.74) is 2.69. The standard InChI is InChI=1S/C18H15F3N2/c19-12-3-1-11(2-4-12)17-14(5-10-8-22-9-10)15-6-13(20)7-16(21)18(15)23-17/h1-4,6-7,10,22-23H,5,8-9H2. The maximum atomic E-state index is 14.1. The van der Waals surface area contributed by atoms with E-state index in [1.54, 1.807) is 12.1 Å². The lowest BCUT2D eigenvalue weighted by molar-refractivity contribution is 0.347. The van der Waals surface area contributed by atoms with Crippen LogP contribution in [0.3, 0.4) is 0 Å². The molecule has 0 bridgehead atoms. The first-order valence-corrected chi connectivity index (χ1v) is 7.58. The van der Waals surface area contributed by atoms with Gasteiger partial charge in [-0.25, -0.2) is 13.2 Å². The van der Waals surface area contributed by atoms with E-state index >= 15 is 0 Å². The van der Waals surface area contributed by atoms with Crippen LogP contribution < -0.4 is 5.32 Å². The van der Waals surface area contributed by atoms with E-state index in [-0.39, 0.29) is 5.82 Å². The van der Waals surface area contributed by atoms with E-state index in [2.05, 4.69) is 10.3 Å². The number of hydrogen-bond donors (Lipinski definition) is 2. The SMILES string of the molecule is Fc1ccc(-c2[nH]c3c(F)cc(F)cc3c2CC2CNC2)cc1. The lowest BCUT2D eigenvalue weighted by atomic mass is 9.91. The molecule has 2 heterocycles. The van der Waals surface area contributed by atoms with Gasteiger partial charge in [0.05, 0.1) is 5.52 Å². The molecule has 2 N–H and O–H groups in total. The molecule has 0 radical (unpaired) electrons. The summed E-state index contributed by atoms with van der Waals surface area (Å²) in [5.74, 6) is -1.08. The van der Waals surface area contributed by atoms with E-state index in [1.165, 1.54) is 18.2 Å². The average molecular weight is 316 g/mol. The molecular weight excluding hydrogens is 301 g/mol. The largest absolute Gasteiger partial charge is 0.352 e. The molecule has 0 spiro atoms. The first-order valence-electron chi connectivity index (χ1n) is 7.58. The van der Waals surface area contributed by atoms with Gasteiger partial charge in [0.2, 0.25) is 0 Å². The number of H-pyrrole nitrogens is 1. The third-order valence-electron chi connectivity index (χ3n) is 4.42. The number of halogens is 3. The second-order valence-electron chi connectivity index (χ2n) is 6.02. The highest BCUT2D eigenvalue weighted by Gasteiger charge is 2.23. The summed E-state index contributed by atoms with van der Waals surface area (Å²) in [6, 6.07) is 8.28. The molecule has 1 fully saturated rings. The maximum Gasteiger partial charge on any atom is 0.150 e. The van der Waals surface area contributed by atoms with Crippen LogP contribution in [-0.4, -0.2) is 18.1 Å². The number of hydrogen-bond acceptors (Lipinski definition) is 1. The molecule has 0 saturated carbocycles. The minimum Gasteiger partial charge on any atom is -0.352 e. The van der Waals surface area contributed by atoms with Gasteiger partial charge >= 0.3 is 0 Å². The fourth-order valence-electron chi connectivity index (χ4n) is 3.13. The van der Waals surface area contributed by atoms with Gasteiger partial charge in [-0.1, -0.05) is 0 Å². The Labute approximate surface area is 131 Å². The van der Waals surface area contributed by atoms with Crippen molar-refractivity contribution in [1.82, 2.24) is 10.3 Å². The summed E-state index contributed by atoms with van der Waals surface area (Å²) in [5, 5.41) is 3.77. The number of aromatic nitrogens is 1. The zero-order valence-electron chi connectivity index (χ0n) is 12.3. The minimum atomic E-state index is -0.610. The molecule has 1 saturated heterocycles. The fourth-order valence-corrected chi connectivity index (χ4v) is 3.13. The summed E-state index contributed by atoms with van der Waals surface area (Å²) >= 11 is 0. The highest BCUT2D eigenvalue weighted by molar-refractivity contribution is 5.91. The van der Waals surface area contributed by atoms with E-state index in [9.17, 15) is 13.2 Å². The van der Waals surface area contributed by atoms with Crippen molar-refractivity contribution in [2.45, 2.75) is 6.42 Å². The molecule has 4 rings (SSSR count). The van der Waals surface area contributed by atoms with Gasteiger partial charge in [0.1, 0.15) is 17.5 Å². The summed E-state index contributed by atoms with van der Waals surface area (Å²) < 4.78 is 40.9. The molecular formula is C18H15F3N2. The van der Waals surface area contributed by atoms with Crippen molar-refractivity contribution in [3.05, 3.63) is 59.4 Å². The van der Waals surface area contributed by atoms with Gasteiger partial charge in [0.15, 0.2) is 0 Å². The smallest absolute Gasteiger partial charge is 0.150 e. The Morgan fingerprint density at radius 1 is 0.957 bits per heavy atom. The highest BCUT2D eigenvalue weighted by atomic mass is 19.1. The molecule has 1 aliphatic rings. The fraction of sp³-hybridized carbons (Fsp3) is 0.222. The Kier molecular flexibility index (Phi) is 3.38. The van der Waals surface area contributed by atoms with Crippen molar-refractivity contribution in [1.29, 1.82) is 0 Å². The Balaban J connectivity index is 1.92. The molecule has 3 aromatic rings. The Bertz CT molecular complexity index is 864. The molecule has 23 heavy (non-hydrogen) atoms. The zero-order chi connectivity index (χ0) is 16.0. The van der Waals surface area contributed by atoms with Crippen molar-refractivity contribution >= 4 is 10.9 Å². The lowest BCUT2D eigenvalue weighted by Crippen LogP contribution is -2.43. The predicted octanol–water partition coefficient (Wildman–Crippen LogP) is 4.01. The third-order valence-corrected chi connectivity index (χ3v) is 4.42. The molecule has 0 aliphatic carbocycles. The molecule has 118 valence electrons. The number of benzene rings is 2. The van der Waals surface area contributed by atoms with Gasteiger partial charge in [-0.05, 0) is 66.9 Å². The van der Waals surface area contributed by atoms with E-state index in [4.69, 9.17) is 0 Å². The quantitative estimate of drug-likeness (QED) is 0.750. The Hall–Kier alpha value is -2.27. The number of rotatable bonds is 3. The molecule has 0 unspecified atom stereocenters. The monoisotopic (exact) mass is 316 g/mol. The van der Waals surface area contributed by atoms with Crippen molar-refractivity contribution < 1.29 is 13.2 Å². The first-order chi connectivity index (χ1) is 11.1. The van der Waals surface area contributed by atoms with E-state index in [1.807, 2.05) is 0 Å². The van der Waals surface area contributed by atoms with Gasteiger partial charge in [-0.15, -0.1) is 0 Å². The Morgan fingerprint density at radius 3 is 2.35 bits per heavy atom. The van der Waals surface area contributed by atoms with Crippen molar-refractivity contribution in [3.8, 4) is 11.3 Å². The predicted molar refractivity (Wildman–Crippen MR) is 83.7 cm³/mol. The van der Waals surface area contributed by atoms with E-state index in [0.717, 1.165) is 42.4 Å². The summed E-state index contributed by atoms with van der Waals surface area (Å²) in [7, 11) is 0. The molecule has 1 aromatic heterocycles. The van der Waals surface area contributed by atoms with Gasteiger partial charge in [-0.2, -0.15) is 0 Å². The average Bonchev–Trinajstić information content (AvgIpc) is 2.82. The van der Waals surface area contributed by atoms with Crippen LogP contribution in [0.25, 0.3) is 22.2 Å². The maximum absolute atomic E-state index is 14.1. The van der Waals surface area contributed by atoms with E-state index < -0.39 is 11.6 Å². The van der Waals surface area contributed by atoms with Gasteiger partial charge < -0.3 is 10.3 Å². The van der Waals surface area contributed by atoms with Crippen LogP contribution in [-0.2, 0) is 6.42 Å². The molecule has 0 atom stereocenters. The summed E-state index contributed by atoms with van der Waals surface area (Å²) in [6.07, 6.45) is 0.725.